The summed E-state index contributed by atoms with van der Waals surface area (Å²) in [6.07, 6.45) is -1.07. The van der Waals surface area contributed by atoms with Crippen molar-refractivity contribution in [3.8, 4) is 0 Å². The van der Waals surface area contributed by atoms with Gasteiger partial charge in [-0.25, -0.2) is 4.39 Å². The van der Waals surface area contributed by atoms with E-state index in [0.717, 1.165) is 0 Å². The van der Waals surface area contributed by atoms with Gasteiger partial charge in [0.2, 0.25) is 0 Å². The SMILES string of the molecule is [B][C@H](OCCC(C)(CC)OP(=O)(O)C(C)(O)CC)[C@H](F)CO. The topological polar surface area (TPSA) is 96.2 Å². The molecule has 0 aliphatic heterocycles. The van der Waals surface area contributed by atoms with Crippen LogP contribution in [0, 0.1) is 0 Å². The third kappa shape index (κ3) is 6.26. The second-order valence-corrected chi connectivity index (χ2v) is 7.96. The van der Waals surface area contributed by atoms with Gasteiger partial charge in [-0.2, -0.15) is 0 Å². The highest BCUT2D eigenvalue weighted by Crippen LogP contribution is 2.58. The maximum Gasteiger partial charge on any atom is 0.359 e. The monoisotopic (exact) mass is 340 g/mol. The van der Waals surface area contributed by atoms with Gasteiger partial charge >= 0.3 is 7.60 Å². The van der Waals surface area contributed by atoms with Crippen molar-refractivity contribution in [1.29, 1.82) is 0 Å². The second-order valence-electron chi connectivity index (χ2n) is 5.77. The molecule has 0 saturated carbocycles. The summed E-state index contributed by atoms with van der Waals surface area (Å²) in [6.45, 7) is 5.43. The van der Waals surface area contributed by atoms with E-state index in [4.69, 9.17) is 22.2 Å². The molecule has 0 spiro atoms. The maximum absolute atomic E-state index is 13.1. The molecule has 22 heavy (non-hydrogen) atoms. The van der Waals surface area contributed by atoms with Gasteiger partial charge in [-0.1, -0.05) is 13.8 Å². The molecule has 0 aliphatic carbocycles. The summed E-state index contributed by atoms with van der Waals surface area (Å²) in [6, 6.07) is -1.27. The highest BCUT2D eigenvalue weighted by molar-refractivity contribution is 7.54. The number of ether oxygens (including phenoxy) is 1. The fourth-order valence-electron chi connectivity index (χ4n) is 1.50. The molecule has 3 N–H and O–H groups in total. The van der Waals surface area contributed by atoms with Crippen molar-refractivity contribution in [1.82, 2.24) is 0 Å². The Morgan fingerprint density at radius 2 is 1.86 bits per heavy atom. The van der Waals surface area contributed by atoms with E-state index in [1.165, 1.54) is 6.92 Å². The second kappa shape index (κ2) is 8.76. The Balaban J connectivity index is 4.69. The van der Waals surface area contributed by atoms with E-state index in [9.17, 15) is 19.0 Å². The molecule has 5 atom stereocenters. The van der Waals surface area contributed by atoms with Gasteiger partial charge in [0.05, 0.1) is 12.2 Å². The smallest absolute Gasteiger partial charge is 0.359 e. The van der Waals surface area contributed by atoms with E-state index in [1.54, 1.807) is 20.8 Å². The zero-order chi connectivity index (χ0) is 17.6. The molecule has 0 aliphatic rings. The molecule has 0 rings (SSSR count). The first-order valence-corrected chi connectivity index (χ1v) is 8.90. The minimum Gasteiger partial charge on any atom is -0.393 e. The van der Waals surface area contributed by atoms with Gasteiger partial charge in [0.1, 0.15) is 14.0 Å². The summed E-state index contributed by atoms with van der Waals surface area (Å²) in [7, 11) is 1.11. The lowest BCUT2D eigenvalue weighted by molar-refractivity contribution is -0.0210. The molecule has 0 heterocycles. The minimum absolute atomic E-state index is 0.0137. The summed E-state index contributed by atoms with van der Waals surface area (Å²) >= 11 is 0. The first-order valence-electron chi connectivity index (χ1n) is 7.33. The molecule has 0 bridgehead atoms. The summed E-state index contributed by atoms with van der Waals surface area (Å²) in [5.74, 6) is 0. The summed E-state index contributed by atoms with van der Waals surface area (Å²) in [5, 5.41) is 16.7. The van der Waals surface area contributed by atoms with Crippen LogP contribution >= 0.6 is 7.60 Å². The van der Waals surface area contributed by atoms with Gasteiger partial charge in [-0.3, -0.25) is 4.57 Å². The van der Waals surface area contributed by atoms with Crippen molar-refractivity contribution in [3.05, 3.63) is 0 Å². The van der Waals surface area contributed by atoms with Crippen LogP contribution in [0.15, 0.2) is 0 Å². The molecule has 3 unspecified atom stereocenters. The zero-order valence-electron chi connectivity index (χ0n) is 13.7. The number of hydrogen-bond donors (Lipinski definition) is 3. The minimum atomic E-state index is -4.27. The summed E-state index contributed by atoms with van der Waals surface area (Å²) in [5.41, 5.74) is -1.03. The normalized spacial score (nSPS) is 23.1. The van der Waals surface area contributed by atoms with Crippen molar-refractivity contribution in [2.75, 3.05) is 13.2 Å². The van der Waals surface area contributed by atoms with E-state index >= 15 is 0 Å². The fourth-order valence-corrected chi connectivity index (χ4v) is 2.92. The fraction of sp³-hybridized carbons (Fsp3) is 1.00. The third-order valence-electron chi connectivity index (χ3n) is 3.84. The van der Waals surface area contributed by atoms with Crippen LogP contribution in [0.1, 0.15) is 47.0 Å². The van der Waals surface area contributed by atoms with E-state index in [1.807, 2.05) is 0 Å². The predicted molar refractivity (Wildman–Crippen MR) is 82.6 cm³/mol. The number of hydrogen-bond acceptors (Lipinski definition) is 5. The Kier molecular flexibility index (Phi) is 8.77. The van der Waals surface area contributed by atoms with Crippen LogP contribution in [0.5, 0.6) is 0 Å². The molecule has 0 fully saturated rings. The first kappa shape index (κ1) is 22.0. The van der Waals surface area contributed by atoms with Gasteiger partial charge < -0.3 is 24.4 Å². The van der Waals surface area contributed by atoms with Gasteiger partial charge in [-0.05, 0) is 33.1 Å². The molecule has 2 radical (unpaired) electrons. The lowest BCUT2D eigenvalue weighted by Gasteiger charge is -2.36. The summed E-state index contributed by atoms with van der Waals surface area (Å²) in [4.78, 5) is 9.97. The third-order valence-corrected chi connectivity index (χ3v) is 6.06. The van der Waals surface area contributed by atoms with E-state index < -0.39 is 37.3 Å². The number of rotatable bonds is 11. The van der Waals surface area contributed by atoms with Crippen molar-refractivity contribution in [2.45, 2.75) is 70.1 Å². The lowest BCUT2D eigenvalue weighted by Crippen LogP contribution is -2.35. The van der Waals surface area contributed by atoms with Crippen LogP contribution in [0.2, 0.25) is 0 Å². The molecule has 0 saturated heterocycles. The van der Waals surface area contributed by atoms with Crippen molar-refractivity contribution in [2.24, 2.45) is 0 Å². The molecule has 0 aromatic carbocycles. The predicted octanol–water partition coefficient (Wildman–Crippen LogP) is 1.71. The Hall–Kier alpha value is 0.0249. The number of halogens is 1. The quantitative estimate of drug-likeness (QED) is 0.391. The van der Waals surface area contributed by atoms with Crippen LogP contribution in [-0.4, -0.2) is 59.3 Å². The number of aliphatic hydroxyl groups is 2. The van der Waals surface area contributed by atoms with Crippen molar-refractivity contribution in [3.63, 3.8) is 0 Å². The van der Waals surface area contributed by atoms with E-state index in [2.05, 4.69) is 0 Å². The molecular formula is C13H27BFO6P. The van der Waals surface area contributed by atoms with Crippen LogP contribution in [0.25, 0.3) is 0 Å². The van der Waals surface area contributed by atoms with Crippen molar-refractivity contribution < 1.29 is 33.3 Å². The average Bonchev–Trinajstić information content (AvgIpc) is 2.45. The Morgan fingerprint density at radius 3 is 2.27 bits per heavy atom. The number of alkyl halides is 1. The molecule has 130 valence electrons. The first-order chi connectivity index (χ1) is 9.94. The maximum atomic E-state index is 13.1. The molecule has 0 aromatic rings. The molecule has 0 amide bonds. The number of aliphatic hydroxyl groups excluding tert-OH is 1. The van der Waals surface area contributed by atoms with Gasteiger partial charge in [-0.15, -0.1) is 0 Å². The molecule has 0 aromatic heterocycles. The molecule has 9 heteroatoms. The van der Waals surface area contributed by atoms with Gasteiger partial charge in [0.15, 0.2) is 5.34 Å². The molecular weight excluding hydrogens is 313 g/mol. The van der Waals surface area contributed by atoms with Crippen molar-refractivity contribution >= 4 is 15.4 Å². The Bertz CT molecular complexity index is 384. The molecule has 6 nitrogen and oxygen atoms in total. The lowest BCUT2D eigenvalue weighted by atomic mass is 9.95. The summed E-state index contributed by atoms with van der Waals surface area (Å²) < 4.78 is 35.6. The average molecular weight is 340 g/mol. The van der Waals surface area contributed by atoms with Gasteiger partial charge in [0, 0.05) is 12.6 Å². The van der Waals surface area contributed by atoms with E-state index in [0.29, 0.717) is 6.42 Å². The Morgan fingerprint density at radius 1 is 1.32 bits per heavy atom. The van der Waals surface area contributed by atoms with E-state index in [-0.39, 0.29) is 19.4 Å². The van der Waals surface area contributed by atoms with Gasteiger partial charge in [0.25, 0.3) is 0 Å². The zero-order valence-corrected chi connectivity index (χ0v) is 14.6. The van der Waals surface area contributed by atoms with Crippen LogP contribution < -0.4 is 0 Å². The highest BCUT2D eigenvalue weighted by atomic mass is 31.2. The highest BCUT2D eigenvalue weighted by Gasteiger charge is 2.46. The largest absolute Gasteiger partial charge is 0.393 e. The van der Waals surface area contributed by atoms with Crippen LogP contribution in [0.4, 0.5) is 4.39 Å². The van der Waals surface area contributed by atoms with Crippen LogP contribution in [0.3, 0.4) is 0 Å². The Labute approximate surface area is 133 Å². The van der Waals surface area contributed by atoms with Crippen LogP contribution in [-0.2, 0) is 13.8 Å². The standard InChI is InChI=1S/C13H27BFO6P/c1-5-12(3,7-8-20-11(14)10(15)9-16)21-22(18,19)13(4,17)6-2/h10-11,16-17H,5-9H2,1-4H3,(H,18,19)/t10-,11-,12?,13?/m1/s1.